The predicted molar refractivity (Wildman–Crippen MR) is 41.1 cm³/mol. The molecule has 0 aromatic heterocycles. The summed E-state index contributed by atoms with van der Waals surface area (Å²) >= 11 is 1.67. The molecule has 9 heavy (non-hydrogen) atoms. The van der Waals surface area contributed by atoms with E-state index in [0.717, 1.165) is 23.8 Å². The zero-order valence-electron chi connectivity index (χ0n) is 5.25. The van der Waals surface area contributed by atoms with Crippen molar-refractivity contribution in [3.63, 3.8) is 0 Å². The normalized spacial score (nSPS) is 27.4. The van der Waals surface area contributed by atoms with Gasteiger partial charge in [-0.1, -0.05) is 6.08 Å². The van der Waals surface area contributed by atoms with E-state index in [9.17, 15) is 5.21 Å². The van der Waals surface area contributed by atoms with Crippen LogP contribution in [0.1, 0.15) is 6.42 Å². The van der Waals surface area contributed by atoms with Crippen LogP contribution in [0.2, 0.25) is 0 Å². The first-order valence-electron chi connectivity index (χ1n) is 3.01. The summed E-state index contributed by atoms with van der Waals surface area (Å²) < 4.78 is 0. The third kappa shape index (κ3) is 1.71. The van der Waals surface area contributed by atoms with Gasteiger partial charge in [-0.2, -0.15) is 0 Å². The summed E-state index contributed by atoms with van der Waals surface area (Å²) in [5.74, 6) is 0.892. The number of thioether (sulfide) groups is 1. The molecule has 0 aliphatic carbocycles. The molecule has 0 spiro atoms. The van der Waals surface area contributed by atoms with E-state index in [2.05, 4.69) is 6.58 Å². The molecule has 1 unspecified atom stereocenters. The Labute approximate surface area is 59.5 Å². The predicted octanol–water partition coefficient (Wildman–Crippen LogP) is 1.44. The zero-order chi connectivity index (χ0) is 6.69. The Hall–Kier alpha value is 0.01000. The fraction of sp³-hybridized carbons (Fsp3) is 0.667. The van der Waals surface area contributed by atoms with Crippen molar-refractivity contribution in [1.82, 2.24) is 5.06 Å². The molecule has 1 heterocycles. The quantitative estimate of drug-likeness (QED) is 0.560. The maximum atomic E-state index is 10.6. The number of hydrogen-bond donors (Lipinski definition) is 0. The lowest BCUT2D eigenvalue weighted by atomic mass is 10.3. The van der Waals surface area contributed by atoms with E-state index in [1.807, 2.05) is 6.08 Å². The summed E-state index contributed by atoms with van der Waals surface area (Å²) in [6.45, 7) is 4.29. The van der Waals surface area contributed by atoms with Gasteiger partial charge in [-0.15, -0.1) is 18.3 Å². The first-order valence-corrected chi connectivity index (χ1v) is 4.05. The van der Waals surface area contributed by atoms with Crippen LogP contribution in [0, 0.1) is 5.21 Å². The molecular formula is C6H10NOS-. The fourth-order valence-corrected chi connectivity index (χ4v) is 1.59. The van der Waals surface area contributed by atoms with Crippen molar-refractivity contribution in [1.29, 1.82) is 0 Å². The highest BCUT2D eigenvalue weighted by Crippen LogP contribution is 2.26. The molecule has 0 bridgehead atoms. The van der Waals surface area contributed by atoms with Crippen LogP contribution in [0.5, 0.6) is 0 Å². The first-order chi connectivity index (χ1) is 4.34. The molecule has 2 nitrogen and oxygen atoms in total. The van der Waals surface area contributed by atoms with Crippen LogP contribution in [0.3, 0.4) is 0 Å². The van der Waals surface area contributed by atoms with Gasteiger partial charge in [0.1, 0.15) is 0 Å². The minimum atomic E-state index is 0.225. The third-order valence-corrected chi connectivity index (χ3v) is 2.61. The van der Waals surface area contributed by atoms with Gasteiger partial charge in [-0.3, -0.25) is 0 Å². The highest BCUT2D eigenvalue weighted by Gasteiger charge is 2.18. The van der Waals surface area contributed by atoms with Crippen molar-refractivity contribution in [2.45, 2.75) is 11.8 Å². The minimum Gasteiger partial charge on any atom is -0.784 e. The molecule has 1 saturated heterocycles. The Morgan fingerprint density at radius 1 is 1.89 bits per heavy atom. The lowest BCUT2D eigenvalue weighted by Gasteiger charge is -2.45. The Morgan fingerprint density at radius 3 is 3.00 bits per heavy atom. The van der Waals surface area contributed by atoms with Crippen molar-refractivity contribution in [2.75, 3.05) is 12.3 Å². The van der Waals surface area contributed by atoms with Crippen LogP contribution >= 0.6 is 11.8 Å². The maximum absolute atomic E-state index is 10.6. The van der Waals surface area contributed by atoms with E-state index in [-0.39, 0.29) is 5.37 Å². The summed E-state index contributed by atoms with van der Waals surface area (Å²) in [6, 6.07) is 0. The summed E-state index contributed by atoms with van der Waals surface area (Å²) in [4.78, 5) is 0. The number of hydrogen-bond acceptors (Lipinski definition) is 3. The molecule has 1 aliphatic rings. The van der Waals surface area contributed by atoms with Gasteiger partial charge in [-0.05, 0) is 13.0 Å². The van der Waals surface area contributed by atoms with Gasteiger partial charge >= 0.3 is 0 Å². The average Bonchev–Trinajstić information content (AvgIpc) is 1.86. The van der Waals surface area contributed by atoms with E-state index < -0.39 is 0 Å². The molecule has 1 fully saturated rings. The molecule has 0 saturated carbocycles. The fourth-order valence-electron chi connectivity index (χ4n) is 0.686. The van der Waals surface area contributed by atoms with Gasteiger partial charge in [0.2, 0.25) is 0 Å². The van der Waals surface area contributed by atoms with Crippen LogP contribution in [-0.4, -0.2) is 22.7 Å². The molecule has 0 aromatic carbocycles. The van der Waals surface area contributed by atoms with Crippen LogP contribution in [-0.2, 0) is 0 Å². The standard InChI is InChI=1S/C6H10NOS/c1-2-5-9-6-3-4-7(6)8/h2,6H,1,3-5H2/q-1. The van der Waals surface area contributed by atoms with Gasteiger partial charge in [-0.25, -0.2) is 0 Å². The van der Waals surface area contributed by atoms with Gasteiger partial charge in [0.15, 0.2) is 0 Å². The van der Waals surface area contributed by atoms with Crippen molar-refractivity contribution in [2.24, 2.45) is 0 Å². The summed E-state index contributed by atoms with van der Waals surface area (Å²) in [7, 11) is 0. The van der Waals surface area contributed by atoms with E-state index in [1.165, 1.54) is 0 Å². The molecular weight excluding hydrogens is 134 g/mol. The second-order valence-corrected chi connectivity index (χ2v) is 3.22. The number of nitrogens with zero attached hydrogens (tertiary/aromatic N) is 1. The Bertz CT molecular complexity index is 107. The third-order valence-electron chi connectivity index (χ3n) is 1.32. The maximum Gasteiger partial charge on any atom is 0.0458 e. The lowest BCUT2D eigenvalue weighted by Crippen LogP contribution is -2.40. The molecule has 52 valence electrons. The molecule has 1 atom stereocenters. The van der Waals surface area contributed by atoms with Gasteiger partial charge in [0, 0.05) is 11.1 Å². The van der Waals surface area contributed by atoms with E-state index >= 15 is 0 Å². The van der Waals surface area contributed by atoms with Crippen LogP contribution < -0.4 is 0 Å². The molecule has 1 rings (SSSR count). The monoisotopic (exact) mass is 144 g/mol. The van der Waals surface area contributed by atoms with Crippen LogP contribution in [0.15, 0.2) is 12.7 Å². The van der Waals surface area contributed by atoms with Crippen molar-refractivity contribution in [3.05, 3.63) is 17.9 Å². The number of hydroxylamine groups is 2. The van der Waals surface area contributed by atoms with E-state index in [4.69, 9.17) is 0 Å². The summed E-state index contributed by atoms with van der Waals surface area (Å²) in [6.07, 6.45) is 2.87. The summed E-state index contributed by atoms with van der Waals surface area (Å²) in [5.41, 5.74) is 0. The zero-order valence-corrected chi connectivity index (χ0v) is 6.06. The SMILES string of the molecule is C=CCSC1CCN1[O-]. The van der Waals surface area contributed by atoms with Crippen LogP contribution in [0.25, 0.3) is 0 Å². The lowest BCUT2D eigenvalue weighted by molar-refractivity contribution is 0.234. The Kier molecular flexibility index (Phi) is 2.57. The molecule has 3 heteroatoms. The van der Waals surface area contributed by atoms with Crippen molar-refractivity contribution < 1.29 is 0 Å². The highest BCUT2D eigenvalue weighted by atomic mass is 32.2. The molecule has 1 aliphatic heterocycles. The smallest absolute Gasteiger partial charge is 0.0458 e. The van der Waals surface area contributed by atoms with Crippen molar-refractivity contribution >= 4 is 11.8 Å². The van der Waals surface area contributed by atoms with Crippen molar-refractivity contribution in [3.8, 4) is 0 Å². The second kappa shape index (κ2) is 3.25. The number of rotatable bonds is 3. The topological polar surface area (TPSA) is 26.3 Å². The van der Waals surface area contributed by atoms with Gasteiger partial charge in [0.25, 0.3) is 0 Å². The van der Waals surface area contributed by atoms with E-state index in [0.29, 0.717) is 0 Å². The molecule has 0 radical (unpaired) electrons. The first kappa shape index (κ1) is 7.12. The molecule has 0 amide bonds. The second-order valence-electron chi connectivity index (χ2n) is 2.01. The molecule has 0 N–H and O–H groups in total. The van der Waals surface area contributed by atoms with Gasteiger partial charge in [0.05, 0.1) is 0 Å². The summed E-state index contributed by atoms with van der Waals surface area (Å²) in [5, 5.41) is 11.9. The van der Waals surface area contributed by atoms with E-state index in [1.54, 1.807) is 11.8 Å². The largest absolute Gasteiger partial charge is 0.784 e. The van der Waals surface area contributed by atoms with Crippen LogP contribution in [0.4, 0.5) is 0 Å². The molecule has 0 aromatic rings. The highest BCUT2D eigenvalue weighted by molar-refractivity contribution is 8.00. The van der Waals surface area contributed by atoms with Gasteiger partial charge < -0.3 is 10.3 Å². The average molecular weight is 144 g/mol. The minimum absolute atomic E-state index is 0.225. The Morgan fingerprint density at radius 2 is 2.67 bits per heavy atom. The Balaban J connectivity index is 2.06.